The van der Waals surface area contributed by atoms with E-state index in [2.05, 4.69) is 31.4 Å². The number of phenols is 1. The Morgan fingerprint density at radius 1 is 1.34 bits per heavy atom. The maximum atomic E-state index is 12.4. The first kappa shape index (κ1) is 21.6. The van der Waals surface area contributed by atoms with Gasteiger partial charge in [-0.25, -0.2) is 5.43 Å². The number of rotatable bonds is 6. The van der Waals surface area contributed by atoms with Gasteiger partial charge in [0.2, 0.25) is 5.91 Å². The van der Waals surface area contributed by atoms with Crippen LogP contribution in [0.5, 0.6) is 11.5 Å². The number of piperidine rings is 1. The van der Waals surface area contributed by atoms with Gasteiger partial charge in [-0.2, -0.15) is 5.10 Å². The molecule has 6 nitrogen and oxygen atoms in total. The number of hydrogen-bond acceptors (Lipinski definition) is 5. The van der Waals surface area contributed by atoms with Crippen LogP contribution < -0.4 is 10.2 Å². The lowest BCUT2D eigenvalue weighted by molar-refractivity contribution is -0.126. The van der Waals surface area contributed by atoms with Crippen molar-refractivity contribution in [3.63, 3.8) is 0 Å². The summed E-state index contributed by atoms with van der Waals surface area (Å²) in [5.74, 6) is 0.242. The maximum absolute atomic E-state index is 12.4. The number of phenolic OH excluding ortho intramolecular Hbond substituents is 1. The molecule has 1 saturated heterocycles. The van der Waals surface area contributed by atoms with Gasteiger partial charge >= 0.3 is 0 Å². The molecule has 29 heavy (non-hydrogen) atoms. The van der Waals surface area contributed by atoms with E-state index in [-0.39, 0.29) is 17.6 Å². The third-order valence-corrected chi connectivity index (χ3v) is 5.79. The highest BCUT2D eigenvalue weighted by atomic mass is 79.9. The highest BCUT2D eigenvalue weighted by Gasteiger charge is 2.24. The molecule has 0 atom stereocenters. The Morgan fingerprint density at radius 3 is 2.69 bits per heavy atom. The van der Waals surface area contributed by atoms with Crippen molar-refractivity contribution >= 4 is 39.7 Å². The Balaban J connectivity index is 1.48. The quantitative estimate of drug-likeness (QED) is 0.480. The Hall–Kier alpha value is -2.09. The number of aromatic hydroxyl groups is 1. The lowest BCUT2D eigenvalue weighted by atomic mass is 9.96. The van der Waals surface area contributed by atoms with E-state index < -0.39 is 0 Å². The van der Waals surface area contributed by atoms with Crippen LogP contribution in [-0.2, 0) is 11.3 Å². The third kappa shape index (κ3) is 5.95. The van der Waals surface area contributed by atoms with Crippen LogP contribution >= 0.6 is 27.5 Å². The fourth-order valence-corrected chi connectivity index (χ4v) is 3.87. The summed E-state index contributed by atoms with van der Waals surface area (Å²) in [6.45, 7) is 2.60. The molecule has 0 unspecified atom stereocenters. The number of carbonyl (C=O) groups excluding carboxylic acids is 1. The average molecular weight is 481 g/mol. The number of halogens is 2. The molecule has 2 aromatic rings. The molecule has 154 valence electrons. The predicted octanol–water partition coefficient (Wildman–Crippen LogP) is 4.18. The van der Waals surface area contributed by atoms with Crippen LogP contribution in [0.1, 0.15) is 24.0 Å². The second-order valence-corrected chi connectivity index (χ2v) is 8.26. The summed E-state index contributed by atoms with van der Waals surface area (Å²) in [5, 5.41) is 14.6. The number of hydrazone groups is 1. The van der Waals surface area contributed by atoms with Gasteiger partial charge in [-0.05, 0) is 77.3 Å². The standard InChI is InChI=1S/C21H23BrClN3O3/c1-29-19-11-15(10-18(22)20(19)27)12-24-25-21(28)16-6-8-26(9-7-16)13-14-2-4-17(23)5-3-14/h2-5,10-12,16,27H,6-9,13H2,1H3,(H,25,28). The molecule has 1 amide bonds. The predicted molar refractivity (Wildman–Crippen MR) is 118 cm³/mol. The molecule has 3 rings (SSSR count). The van der Waals surface area contributed by atoms with Gasteiger partial charge in [0.05, 0.1) is 17.8 Å². The Morgan fingerprint density at radius 2 is 2.03 bits per heavy atom. The van der Waals surface area contributed by atoms with Gasteiger partial charge in [0, 0.05) is 17.5 Å². The van der Waals surface area contributed by atoms with Crippen molar-refractivity contribution in [3.8, 4) is 11.5 Å². The fraction of sp³-hybridized carbons (Fsp3) is 0.333. The van der Waals surface area contributed by atoms with Crippen molar-refractivity contribution in [2.45, 2.75) is 19.4 Å². The van der Waals surface area contributed by atoms with Crippen molar-refractivity contribution in [3.05, 3.63) is 57.0 Å². The van der Waals surface area contributed by atoms with E-state index in [9.17, 15) is 9.90 Å². The van der Waals surface area contributed by atoms with E-state index >= 15 is 0 Å². The van der Waals surface area contributed by atoms with E-state index in [0.717, 1.165) is 37.5 Å². The Labute approximate surface area is 183 Å². The van der Waals surface area contributed by atoms with Gasteiger partial charge in [-0.1, -0.05) is 23.7 Å². The summed E-state index contributed by atoms with van der Waals surface area (Å²) in [5.41, 5.74) is 4.54. The number of methoxy groups -OCH3 is 1. The highest BCUT2D eigenvalue weighted by Crippen LogP contribution is 2.34. The zero-order valence-electron chi connectivity index (χ0n) is 16.1. The molecule has 0 aliphatic carbocycles. The molecule has 0 saturated carbocycles. The van der Waals surface area contributed by atoms with E-state index in [1.54, 1.807) is 12.1 Å². The molecule has 0 spiro atoms. The first-order valence-corrected chi connectivity index (χ1v) is 10.5. The van der Waals surface area contributed by atoms with Crippen LogP contribution in [0.4, 0.5) is 0 Å². The molecule has 1 aliphatic heterocycles. The molecule has 2 N–H and O–H groups in total. The summed E-state index contributed by atoms with van der Waals surface area (Å²) < 4.78 is 5.61. The van der Waals surface area contributed by atoms with Crippen LogP contribution in [0.25, 0.3) is 0 Å². The van der Waals surface area contributed by atoms with Crippen LogP contribution in [-0.4, -0.2) is 42.3 Å². The van der Waals surface area contributed by atoms with Crippen molar-refractivity contribution in [2.75, 3.05) is 20.2 Å². The molecule has 0 aromatic heterocycles. The second kappa shape index (κ2) is 10.1. The van der Waals surface area contributed by atoms with Crippen molar-refractivity contribution in [1.29, 1.82) is 0 Å². The van der Waals surface area contributed by atoms with Gasteiger partial charge in [0.15, 0.2) is 11.5 Å². The van der Waals surface area contributed by atoms with E-state index in [4.69, 9.17) is 16.3 Å². The van der Waals surface area contributed by atoms with Crippen molar-refractivity contribution in [2.24, 2.45) is 11.0 Å². The largest absolute Gasteiger partial charge is 0.503 e. The monoisotopic (exact) mass is 479 g/mol. The maximum Gasteiger partial charge on any atom is 0.243 e. The van der Waals surface area contributed by atoms with Gasteiger partial charge < -0.3 is 9.84 Å². The highest BCUT2D eigenvalue weighted by molar-refractivity contribution is 9.10. The number of amides is 1. The van der Waals surface area contributed by atoms with Crippen molar-refractivity contribution in [1.82, 2.24) is 10.3 Å². The van der Waals surface area contributed by atoms with E-state index in [1.807, 2.05) is 24.3 Å². The Bertz CT molecular complexity index is 881. The molecular formula is C21H23BrClN3O3. The number of carbonyl (C=O) groups is 1. The van der Waals surface area contributed by atoms with Crippen LogP contribution in [0.3, 0.4) is 0 Å². The number of nitrogens with one attached hydrogen (secondary N) is 1. The average Bonchev–Trinajstić information content (AvgIpc) is 2.72. The lowest BCUT2D eigenvalue weighted by Gasteiger charge is -2.30. The van der Waals surface area contributed by atoms with Gasteiger partial charge in [0.1, 0.15) is 0 Å². The molecular weight excluding hydrogens is 458 g/mol. The van der Waals surface area contributed by atoms with Gasteiger partial charge in [-0.3, -0.25) is 9.69 Å². The lowest BCUT2D eigenvalue weighted by Crippen LogP contribution is -2.39. The smallest absolute Gasteiger partial charge is 0.243 e. The SMILES string of the molecule is COc1cc(C=NNC(=O)C2CCN(Cc3ccc(Cl)cc3)CC2)cc(Br)c1O. The summed E-state index contributed by atoms with van der Waals surface area (Å²) in [6, 6.07) is 11.2. The topological polar surface area (TPSA) is 74.2 Å². The minimum Gasteiger partial charge on any atom is -0.503 e. The number of benzene rings is 2. The minimum absolute atomic E-state index is 0.0269. The number of likely N-dealkylation sites (tertiary alicyclic amines) is 1. The van der Waals surface area contributed by atoms with Crippen LogP contribution in [0.2, 0.25) is 5.02 Å². The molecule has 1 aliphatic rings. The summed E-state index contributed by atoms with van der Waals surface area (Å²) in [6.07, 6.45) is 3.13. The summed E-state index contributed by atoms with van der Waals surface area (Å²) >= 11 is 9.19. The number of hydrogen-bond donors (Lipinski definition) is 2. The second-order valence-electron chi connectivity index (χ2n) is 6.96. The number of nitrogens with zero attached hydrogens (tertiary/aromatic N) is 2. The zero-order chi connectivity index (χ0) is 20.8. The first-order valence-electron chi connectivity index (χ1n) is 9.32. The molecule has 0 bridgehead atoms. The van der Waals surface area contributed by atoms with E-state index in [0.29, 0.717) is 15.8 Å². The molecule has 1 fully saturated rings. The summed E-state index contributed by atoms with van der Waals surface area (Å²) in [4.78, 5) is 14.7. The minimum atomic E-state index is -0.0720. The van der Waals surface area contributed by atoms with Gasteiger partial charge in [-0.15, -0.1) is 0 Å². The Kier molecular flexibility index (Phi) is 7.52. The van der Waals surface area contributed by atoms with E-state index in [1.165, 1.54) is 18.9 Å². The van der Waals surface area contributed by atoms with Gasteiger partial charge in [0.25, 0.3) is 0 Å². The summed E-state index contributed by atoms with van der Waals surface area (Å²) in [7, 11) is 1.48. The van der Waals surface area contributed by atoms with Crippen LogP contribution in [0, 0.1) is 5.92 Å². The first-order chi connectivity index (χ1) is 14.0. The van der Waals surface area contributed by atoms with Crippen molar-refractivity contribution < 1.29 is 14.6 Å². The normalized spacial score (nSPS) is 15.6. The molecule has 1 heterocycles. The number of ether oxygens (including phenoxy) is 1. The molecule has 0 radical (unpaired) electrons. The zero-order valence-corrected chi connectivity index (χ0v) is 18.4. The molecule has 2 aromatic carbocycles. The van der Waals surface area contributed by atoms with Crippen LogP contribution in [0.15, 0.2) is 46.0 Å². The molecule has 8 heteroatoms. The fourth-order valence-electron chi connectivity index (χ4n) is 3.29. The third-order valence-electron chi connectivity index (χ3n) is 4.94.